The van der Waals surface area contributed by atoms with Crippen LogP contribution in [0.1, 0.15) is 44.9 Å². The summed E-state index contributed by atoms with van der Waals surface area (Å²) in [6.07, 6.45) is 7.00. The van der Waals surface area contributed by atoms with Gasteiger partial charge in [-0.3, -0.25) is 15.0 Å². The highest BCUT2D eigenvalue weighted by Gasteiger charge is 2.18. The Bertz CT molecular complexity index is 304. The van der Waals surface area contributed by atoms with Gasteiger partial charge in [0.2, 0.25) is 5.91 Å². The van der Waals surface area contributed by atoms with Gasteiger partial charge < -0.3 is 10.4 Å². The van der Waals surface area contributed by atoms with Gasteiger partial charge in [-0.05, 0) is 45.7 Å². The second-order valence-electron chi connectivity index (χ2n) is 5.53. The standard InChI is InChI=1S/C14H27N3O3/c1-17(9-5-2-6-10-18)11-13(19)16-14(20)15-12-7-3-4-8-12/h12,18H,2-11H2,1H3,(H2,15,16,19,20). The third-order valence-electron chi connectivity index (χ3n) is 3.55. The average Bonchev–Trinajstić information content (AvgIpc) is 2.87. The lowest BCUT2D eigenvalue weighted by Gasteiger charge is -2.17. The second kappa shape index (κ2) is 9.72. The van der Waals surface area contributed by atoms with Gasteiger partial charge in [-0.25, -0.2) is 4.79 Å². The normalized spacial score (nSPS) is 15.6. The first kappa shape index (κ1) is 16.9. The van der Waals surface area contributed by atoms with E-state index >= 15 is 0 Å². The lowest BCUT2D eigenvalue weighted by atomic mass is 10.2. The van der Waals surface area contributed by atoms with Crippen molar-refractivity contribution in [2.75, 3.05) is 26.7 Å². The predicted octanol–water partition coefficient (Wildman–Crippen LogP) is 0.849. The zero-order valence-corrected chi connectivity index (χ0v) is 12.4. The van der Waals surface area contributed by atoms with E-state index < -0.39 is 0 Å². The van der Waals surface area contributed by atoms with E-state index in [2.05, 4.69) is 10.6 Å². The van der Waals surface area contributed by atoms with Crippen LogP contribution in [0.25, 0.3) is 0 Å². The summed E-state index contributed by atoms with van der Waals surface area (Å²) in [6.45, 7) is 1.22. The van der Waals surface area contributed by atoms with Crippen LogP contribution in [0.4, 0.5) is 4.79 Å². The van der Waals surface area contributed by atoms with E-state index in [-0.39, 0.29) is 31.1 Å². The molecule has 6 heteroatoms. The number of imide groups is 1. The van der Waals surface area contributed by atoms with E-state index in [4.69, 9.17) is 5.11 Å². The number of rotatable bonds is 8. The second-order valence-corrected chi connectivity index (χ2v) is 5.53. The molecule has 0 aromatic heterocycles. The van der Waals surface area contributed by atoms with E-state index in [1.807, 2.05) is 11.9 Å². The number of carbonyl (C=O) groups excluding carboxylic acids is 2. The van der Waals surface area contributed by atoms with Gasteiger partial charge in [0.15, 0.2) is 0 Å². The Morgan fingerprint density at radius 2 is 1.90 bits per heavy atom. The molecule has 116 valence electrons. The summed E-state index contributed by atoms with van der Waals surface area (Å²) in [7, 11) is 1.85. The molecule has 0 radical (unpaired) electrons. The first-order valence-corrected chi connectivity index (χ1v) is 7.51. The maximum Gasteiger partial charge on any atom is 0.321 e. The fourth-order valence-corrected chi connectivity index (χ4v) is 2.45. The largest absolute Gasteiger partial charge is 0.396 e. The Hall–Kier alpha value is -1.14. The molecule has 1 aliphatic carbocycles. The molecule has 1 saturated carbocycles. The average molecular weight is 285 g/mol. The first-order valence-electron chi connectivity index (χ1n) is 7.51. The van der Waals surface area contributed by atoms with E-state index in [0.717, 1.165) is 51.5 Å². The zero-order chi connectivity index (χ0) is 14.8. The van der Waals surface area contributed by atoms with Crippen molar-refractivity contribution in [3.63, 3.8) is 0 Å². The number of unbranched alkanes of at least 4 members (excludes halogenated alkanes) is 2. The van der Waals surface area contributed by atoms with Gasteiger partial charge >= 0.3 is 6.03 Å². The van der Waals surface area contributed by atoms with E-state index in [9.17, 15) is 9.59 Å². The van der Waals surface area contributed by atoms with Crippen LogP contribution in [0, 0.1) is 0 Å². The van der Waals surface area contributed by atoms with Gasteiger partial charge in [-0.15, -0.1) is 0 Å². The van der Waals surface area contributed by atoms with Crippen LogP contribution >= 0.6 is 0 Å². The number of urea groups is 1. The Labute approximate surface area is 120 Å². The summed E-state index contributed by atoms with van der Waals surface area (Å²) < 4.78 is 0. The minimum absolute atomic E-state index is 0.214. The Kier molecular flexibility index (Phi) is 8.22. The van der Waals surface area contributed by atoms with Crippen molar-refractivity contribution in [2.45, 2.75) is 51.0 Å². The molecule has 1 aliphatic rings. The lowest BCUT2D eigenvalue weighted by molar-refractivity contribution is -0.120. The Morgan fingerprint density at radius 1 is 1.20 bits per heavy atom. The van der Waals surface area contributed by atoms with Gasteiger partial charge in [-0.2, -0.15) is 0 Å². The number of aliphatic hydroxyl groups excluding tert-OH is 1. The molecule has 0 aliphatic heterocycles. The maximum absolute atomic E-state index is 11.7. The summed E-state index contributed by atoms with van der Waals surface area (Å²) in [4.78, 5) is 25.2. The van der Waals surface area contributed by atoms with Gasteiger partial charge in [0.05, 0.1) is 6.54 Å². The van der Waals surface area contributed by atoms with Gasteiger partial charge in [0, 0.05) is 12.6 Å². The molecule has 0 unspecified atom stereocenters. The summed E-state index contributed by atoms with van der Waals surface area (Å²) in [6, 6.07) is -0.158. The van der Waals surface area contributed by atoms with Crippen LogP contribution in [0.3, 0.4) is 0 Å². The smallest absolute Gasteiger partial charge is 0.321 e. The molecular weight excluding hydrogens is 258 g/mol. The number of likely N-dealkylation sites (N-methyl/N-ethyl adjacent to an activating group) is 1. The van der Waals surface area contributed by atoms with E-state index in [1.54, 1.807) is 0 Å². The van der Waals surface area contributed by atoms with Crippen LogP contribution in [0.5, 0.6) is 0 Å². The lowest BCUT2D eigenvalue weighted by Crippen LogP contribution is -2.46. The Morgan fingerprint density at radius 3 is 2.55 bits per heavy atom. The van der Waals surface area contributed by atoms with Crippen molar-refractivity contribution in [1.82, 2.24) is 15.5 Å². The van der Waals surface area contributed by atoms with Crippen LogP contribution in [-0.2, 0) is 4.79 Å². The minimum Gasteiger partial charge on any atom is -0.396 e. The molecule has 1 rings (SSSR count). The number of hydrogen-bond acceptors (Lipinski definition) is 4. The van der Waals surface area contributed by atoms with Crippen molar-refractivity contribution in [2.24, 2.45) is 0 Å². The monoisotopic (exact) mass is 285 g/mol. The van der Waals surface area contributed by atoms with Crippen molar-refractivity contribution in [3.05, 3.63) is 0 Å². The van der Waals surface area contributed by atoms with Gasteiger partial charge in [-0.1, -0.05) is 12.8 Å². The SMILES string of the molecule is CN(CCCCCO)CC(=O)NC(=O)NC1CCCC1. The molecule has 0 aromatic rings. The van der Waals surface area contributed by atoms with Gasteiger partial charge in [0.25, 0.3) is 0 Å². The van der Waals surface area contributed by atoms with Crippen LogP contribution in [-0.4, -0.2) is 54.7 Å². The third kappa shape index (κ3) is 7.45. The predicted molar refractivity (Wildman–Crippen MR) is 77.4 cm³/mol. The minimum atomic E-state index is -0.379. The number of amides is 3. The number of nitrogens with zero attached hydrogens (tertiary/aromatic N) is 1. The fourth-order valence-electron chi connectivity index (χ4n) is 2.45. The quantitative estimate of drug-likeness (QED) is 0.577. The highest BCUT2D eigenvalue weighted by atomic mass is 16.3. The molecule has 3 amide bonds. The number of carbonyl (C=O) groups is 2. The number of aliphatic hydroxyl groups is 1. The first-order chi connectivity index (χ1) is 9.61. The molecule has 20 heavy (non-hydrogen) atoms. The summed E-state index contributed by atoms with van der Waals surface area (Å²) >= 11 is 0. The molecule has 0 atom stereocenters. The third-order valence-corrected chi connectivity index (χ3v) is 3.55. The fraction of sp³-hybridized carbons (Fsp3) is 0.857. The van der Waals surface area contributed by atoms with Crippen LogP contribution in [0.2, 0.25) is 0 Å². The molecule has 0 aromatic carbocycles. The van der Waals surface area contributed by atoms with Crippen molar-refractivity contribution < 1.29 is 14.7 Å². The highest BCUT2D eigenvalue weighted by molar-refractivity contribution is 5.95. The zero-order valence-electron chi connectivity index (χ0n) is 12.4. The van der Waals surface area contributed by atoms with E-state index in [1.165, 1.54) is 0 Å². The molecule has 0 bridgehead atoms. The highest BCUT2D eigenvalue weighted by Crippen LogP contribution is 2.17. The van der Waals surface area contributed by atoms with Crippen molar-refractivity contribution in [3.8, 4) is 0 Å². The summed E-state index contributed by atoms with van der Waals surface area (Å²) in [5, 5.41) is 13.9. The molecular formula is C14H27N3O3. The molecule has 0 saturated heterocycles. The van der Waals surface area contributed by atoms with Crippen molar-refractivity contribution >= 4 is 11.9 Å². The number of hydrogen-bond donors (Lipinski definition) is 3. The molecule has 0 spiro atoms. The summed E-state index contributed by atoms with van der Waals surface area (Å²) in [5.74, 6) is -0.273. The van der Waals surface area contributed by atoms with Crippen LogP contribution in [0.15, 0.2) is 0 Å². The van der Waals surface area contributed by atoms with Gasteiger partial charge in [0.1, 0.15) is 0 Å². The molecule has 6 nitrogen and oxygen atoms in total. The molecule has 1 fully saturated rings. The van der Waals surface area contributed by atoms with E-state index in [0.29, 0.717) is 0 Å². The summed E-state index contributed by atoms with van der Waals surface area (Å²) in [5.41, 5.74) is 0. The van der Waals surface area contributed by atoms with Crippen LogP contribution < -0.4 is 10.6 Å². The maximum atomic E-state index is 11.7. The number of nitrogens with one attached hydrogen (secondary N) is 2. The molecule has 0 heterocycles. The van der Waals surface area contributed by atoms with Crippen molar-refractivity contribution in [1.29, 1.82) is 0 Å². The topological polar surface area (TPSA) is 81.7 Å². The Balaban J connectivity index is 2.10. The molecule has 3 N–H and O–H groups in total.